The summed E-state index contributed by atoms with van der Waals surface area (Å²) in [6.45, 7) is 5.65. The van der Waals surface area contributed by atoms with Crippen LogP contribution in [0.3, 0.4) is 0 Å². The first-order chi connectivity index (χ1) is 8.98. The second kappa shape index (κ2) is 5.61. The van der Waals surface area contributed by atoms with E-state index in [9.17, 15) is 4.79 Å². The van der Waals surface area contributed by atoms with Crippen LogP contribution in [-0.4, -0.2) is 29.9 Å². The molecule has 1 aliphatic heterocycles. The fraction of sp³-hybridized carbons (Fsp3) is 0.643. The first-order valence-corrected chi connectivity index (χ1v) is 7.69. The van der Waals surface area contributed by atoms with Crippen LogP contribution < -0.4 is 11.5 Å². The Morgan fingerprint density at radius 1 is 1.63 bits per heavy atom. The summed E-state index contributed by atoms with van der Waals surface area (Å²) < 4.78 is 0. The van der Waals surface area contributed by atoms with E-state index in [0.29, 0.717) is 6.54 Å². The minimum Gasteiger partial charge on any atom is -0.369 e. The predicted molar refractivity (Wildman–Crippen MR) is 78.8 cm³/mol. The molecule has 106 valence electrons. The van der Waals surface area contributed by atoms with Crippen LogP contribution in [0.25, 0.3) is 0 Å². The third-order valence-electron chi connectivity index (χ3n) is 4.20. The molecule has 0 bridgehead atoms. The van der Waals surface area contributed by atoms with E-state index in [4.69, 9.17) is 11.5 Å². The zero-order valence-corrected chi connectivity index (χ0v) is 12.5. The van der Waals surface area contributed by atoms with Crippen LogP contribution >= 0.6 is 11.3 Å². The molecule has 3 atom stereocenters. The maximum Gasteiger partial charge on any atom is 0.224 e. The number of primary amides is 1. The molecule has 19 heavy (non-hydrogen) atoms. The van der Waals surface area contributed by atoms with Gasteiger partial charge in [-0.05, 0) is 37.8 Å². The van der Waals surface area contributed by atoms with Gasteiger partial charge in [-0.1, -0.05) is 13.0 Å². The van der Waals surface area contributed by atoms with Crippen molar-refractivity contribution in [2.45, 2.75) is 38.8 Å². The van der Waals surface area contributed by atoms with Crippen LogP contribution in [0.2, 0.25) is 0 Å². The average molecular weight is 281 g/mol. The molecule has 0 aliphatic carbocycles. The highest BCUT2D eigenvalue weighted by Crippen LogP contribution is 2.37. The third-order valence-corrected chi connectivity index (χ3v) is 5.15. The minimum atomic E-state index is -0.414. The van der Waals surface area contributed by atoms with Crippen molar-refractivity contribution in [3.63, 3.8) is 0 Å². The van der Waals surface area contributed by atoms with Crippen LogP contribution in [0.4, 0.5) is 0 Å². The number of thiophene rings is 1. The molecular formula is C14H23N3OS. The SMILES string of the molecule is CCC(N)C(c1cccs1)N1CCC(C)(C(N)=O)C1. The Morgan fingerprint density at radius 2 is 2.37 bits per heavy atom. The van der Waals surface area contributed by atoms with Crippen LogP contribution in [0, 0.1) is 5.41 Å². The summed E-state index contributed by atoms with van der Waals surface area (Å²) in [6, 6.07) is 4.48. The molecule has 1 aromatic rings. The molecule has 1 fully saturated rings. The molecule has 1 saturated heterocycles. The van der Waals surface area contributed by atoms with Gasteiger partial charge in [0.2, 0.25) is 5.91 Å². The zero-order valence-electron chi connectivity index (χ0n) is 11.6. The van der Waals surface area contributed by atoms with Crippen molar-refractivity contribution in [3.05, 3.63) is 22.4 Å². The Hall–Kier alpha value is -0.910. The number of carbonyl (C=O) groups is 1. The lowest BCUT2D eigenvalue weighted by Gasteiger charge is -2.32. The second-order valence-electron chi connectivity index (χ2n) is 5.68. The van der Waals surface area contributed by atoms with Crippen LogP contribution in [0.1, 0.15) is 37.6 Å². The van der Waals surface area contributed by atoms with Gasteiger partial charge in [-0.2, -0.15) is 0 Å². The molecule has 2 heterocycles. The summed E-state index contributed by atoms with van der Waals surface area (Å²) in [5, 5.41) is 2.08. The van der Waals surface area contributed by atoms with E-state index in [1.807, 2.05) is 6.92 Å². The fourth-order valence-electron chi connectivity index (χ4n) is 2.78. The molecule has 1 amide bonds. The average Bonchev–Trinajstić information content (AvgIpc) is 3.01. The van der Waals surface area contributed by atoms with Gasteiger partial charge < -0.3 is 11.5 Å². The second-order valence-corrected chi connectivity index (χ2v) is 6.66. The lowest BCUT2D eigenvalue weighted by molar-refractivity contribution is -0.126. The quantitative estimate of drug-likeness (QED) is 0.863. The van der Waals surface area contributed by atoms with Crippen LogP contribution in [0.5, 0.6) is 0 Å². The number of hydrogen-bond donors (Lipinski definition) is 2. The molecule has 5 heteroatoms. The first-order valence-electron chi connectivity index (χ1n) is 6.81. The van der Waals surface area contributed by atoms with Crippen LogP contribution in [-0.2, 0) is 4.79 Å². The monoisotopic (exact) mass is 281 g/mol. The molecule has 3 unspecified atom stereocenters. The van der Waals surface area contributed by atoms with Gasteiger partial charge in [-0.25, -0.2) is 0 Å². The summed E-state index contributed by atoms with van der Waals surface area (Å²) in [7, 11) is 0. The summed E-state index contributed by atoms with van der Waals surface area (Å²) in [5.74, 6) is -0.204. The molecule has 4 nitrogen and oxygen atoms in total. The molecule has 2 rings (SSSR count). The molecule has 0 radical (unpaired) electrons. The van der Waals surface area contributed by atoms with E-state index < -0.39 is 5.41 Å². The van der Waals surface area contributed by atoms with Crippen molar-refractivity contribution < 1.29 is 4.79 Å². The van der Waals surface area contributed by atoms with E-state index in [1.165, 1.54) is 4.88 Å². The molecule has 0 aromatic carbocycles. The lowest BCUT2D eigenvalue weighted by atomic mass is 9.89. The Labute approximate surface area is 118 Å². The maximum atomic E-state index is 11.6. The van der Waals surface area contributed by atoms with Crippen molar-refractivity contribution in [3.8, 4) is 0 Å². The van der Waals surface area contributed by atoms with E-state index in [2.05, 4.69) is 29.3 Å². The van der Waals surface area contributed by atoms with Crippen molar-refractivity contribution in [2.24, 2.45) is 16.9 Å². The largest absolute Gasteiger partial charge is 0.369 e. The molecule has 0 saturated carbocycles. The Bertz CT molecular complexity index is 434. The van der Waals surface area contributed by atoms with Gasteiger partial charge in [0.25, 0.3) is 0 Å². The van der Waals surface area contributed by atoms with E-state index in [-0.39, 0.29) is 18.0 Å². The van der Waals surface area contributed by atoms with Crippen molar-refractivity contribution in [1.29, 1.82) is 0 Å². The highest BCUT2D eigenvalue weighted by Gasteiger charge is 2.42. The number of rotatable bonds is 5. The lowest BCUT2D eigenvalue weighted by Crippen LogP contribution is -2.42. The van der Waals surface area contributed by atoms with Gasteiger partial charge in [0.15, 0.2) is 0 Å². The molecule has 0 spiro atoms. The van der Waals surface area contributed by atoms with Gasteiger partial charge in [0, 0.05) is 17.5 Å². The Kier molecular flexibility index (Phi) is 4.28. The van der Waals surface area contributed by atoms with Gasteiger partial charge in [0.1, 0.15) is 0 Å². The maximum absolute atomic E-state index is 11.6. The third kappa shape index (κ3) is 2.83. The normalized spacial score (nSPS) is 27.3. The number of carbonyl (C=O) groups excluding carboxylic acids is 1. The summed E-state index contributed by atoms with van der Waals surface area (Å²) in [5.41, 5.74) is 11.4. The smallest absolute Gasteiger partial charge is 0.224 e. The topological polar surface area (TPSA) is 72.3 Å². The van der Waals surface area contributed by atoms with Gasteiger partial charge in [0.05, 0.1) is 11.5 Å². The standard InChI is InChI=1S/C14H23N3OS/c1-3-10(15)12(11-5-4-8-19-11)17-7-6-14(2,9-17)13(16)18/h4-5,8,10,12H,3,6-7,9,15H2,1-2H3,(H2,16,18). The number of likely N-dealkylation sites (tertiary alicyclic amines) is 1. The number of amides is 1. The number of hydrogen-bond acceptors (Lipinski definition) is 4. The van der Waals surface area contributed by atoms with E-state index >= 15 is 0 Å². The molecule has 1 aromatic heterocycles. The minimum absolute atomic E-state index is 0.0916. The number of nitrogens with zero attached hydrogens (tertiary/aromatic N) is 1. The van der Waals surface area contributed by atoms with Gasteiger partial charge in [-0.15, -0.1) is 11.3 Å². The van der Waals surface area contributed by atoms with Crippen molar-refractivity contribution in [1.82, 2.24) is 4.90 Å². The Morgan fingerprint density at radius 3 is 2.84 bits per heavy atom. The van der Waals surface area contributed by atoms with Crippen molar-refractivity contribution in [2.75, 3.05) is 13.1 Å². The first kappa shape index (κ1) is 14.5. The summed E-state index contributed by atoms with van der Waals surface area (Å²) in [4.78, 5) is 15.2. The fourth-order valence-corrected chi connectivity index (χ4v) is 3.71. The molecular weight excluding hydrogens is 258 g/mol. The van der Waals surface area contributed by atoms with Gasteiger partial charge >= 0.3 is 0 Å². The van der Waals surface area contributed by atoms with E-state index in [1.54, 1.807) is 11.3 Å². The molecule has 1 aliphatic rings. The zero-order chi connectivity index (χ0) is 14.0. The van der Waals surface area contributed by atoms with Crippen molar-refractivity contribution >= 4 is 17.2 Å². The Balaban J connectivity index is 2.20. The summed E-state index contributed by atoms with van der Waals surface area (Å²) in [6.07, 6.45) is 1.74. The van der Waals surface area contributed by atoms with E-state index in [0.717, 1.165) is 19.4 Å². The summed E-state index contributed by atoms with van der Waals surface area (Å²) >= 11 is 1.73. The predicted octanol–water partition coefficient (Wildman–Crippen LogP) is 1.72. The highest BCUT2D eigenvalue weighted by molar-refractivity contribution is 7.10. The number of nitrogens with two attached hydrogens (primary N) is 2. The van der Waals surface area contributed by atoms with Crippen LogP contribution in [0.15, 0.2) is 17.5 Å². The molecule has 4 N–H and O–H groups in total. The highest BCUT2D eigenvalue weighted by atomic mass is 32.1. The van der Waals surface area contributed by atoms with Gasteiger partial charge in [-0.3, -0.25) is 9.69 Å².